The zero-order valence-corrected chi connectivity index (χ0v) is 25.4. The molecule has 3 aliphatic rings. The van der Waals surface area contributed by atoms with E-state index in [0.717, 1.165) is 5.56 Å². The van der Waals surface area contributed by atoms with E-state index >= 15 is 0 Å². The van der Waals surface area contributed by atoms with Crippen molar-refractivity contribution in [2.45, 2.75) is 72.3 Å². The van der Waals surface area contributed by atoms with Gasteiger partial charge in [-0.15, -0.1) is 6.58 Å². The van der Waals surface area contributed by atoms with Crippen molar-refractivity contribution >= 4 is 17.7 Å². The molecule has 0 fully saturated rings. The summed E-state index contributed by atoms with van der Waals surface area (Å²) in [7, 11) is 1.57. The number of nitrogens with zero attached hydrogens (tertiary/aromatic N) is 2. The summed E-state index contributed by atoms with van der Waals surface area (Å²) in [6, 6.07) is 7.16. The first kappa shape index (κ1) is 29.3. The molecular weight excluding hydrogens is 532 g/mol. The van der Waals surface area contributed by atoms with Crippen LogP contribution in [0, 0.1) is 19.3 Å². The molecule has 1 N–H and O–H groups in total. The molecule has 2 aliphatic heterocycles. The van der Waals surface area contributed by atoms with Gasteiger partial charge < -0.3 is 19.5 Å². The molecule has 8 nitrogen and oxygen atoms in total. The van der Waals surface area contributed by atoms with Gasteiger partial charge in [0.1, 0.15) is 17.3 Å². The number of carboxylic acid groups (broad SMARTS) is 1. The summed E-state index contributed by atoms with van der Waals surface area (Å²) in [5.41, 5.74) is 3.23. The molecule has 1 atom stereocenters. The molecule has 0 saturated carbocycles. The van der Waals surface area contributed by atoms with E-state index in [1.807, 2.05) is 40.7 Å². The van der Waals surface area contributed by atoms with Gasteiger partial charge in [0, 0.05) is 48.0 Å². The average Bonchev–Trinajstić information content (AvgIpc) is 2.89. The number of allylic oxidation sites excluding steroid dienone is 2. The molecule has 220 valence electrons. The number of aryl methyl sites for hydroxylation is 1. The molecule has 0 radical (unpaired) electrons. The molecule has 5 rings (SSSR count). The standard InChI is InChI=1S/C34H38N2O6/c1-9-14-36-31(38)28-25(17-34(36,6)7)42-24-16-33(4,5)15-22(37)27(24)29(28)26-19(3)20(11-13-23(26)41-8)21-12-10-18(2)30(35-21)32(39)40/h9-13,29H,1,14-17H2,2-8H3,(H,39,40). The predicted octanol–water partition coefficient (Wildman–Crippen LogP) is 6.28. The summed E-state index contributed by atoms with van der Waals surface area (Å²) < 4.78 is 12.4. The number of benzene rings is 1. The number of amides is 1. The second-order valence-corrected chi connectivity index (χ2v) is 12.9. The molecule has 0 spiro atoms. The molecule has 1 aromatic heterocycles. The summed E-state index contributed by atoms with van der Waals surface area (Å²) in [4.78, 5) is 46.5. The summed E-state index contributed by atoms with van der Waals surface area (Å²) in [6.45, 7) is 15.9. The molecule has 0 saturated heterocycles. The number of hydrogen-bond acceptors (Lipinski definition) is 6. The normalized spacial score (nSPS) is 21.0. The van der Waals surface area contributed by atoms with E-state index in [1.54, 1.807) is 43.2 Å². The molecule has 3 heterocycles. The maximum Gasteiger partial charge on any atom is 0.354 e. The van der Waals surface area contributed by atoms with Crippen molar-refractivity contribution in [3.63, 3.8) is 0 Å². The van der Waals surface area contributed by atoms with Gasteiger partial charge in [-0.05, 0) is 62.4 Å². The van der Waals surface area contributed by atoms with Crippen LogP contribution in [0.15, 0.2) is 59.6 Å². The fourth-order valence-corrected chi connectivity index (χ4v) is 6.64. The molecule has 0 bridgehead atoms. The number of aromatic nitrogens is 1. The fourth-order valence-electron chi connectivity index (χ4n) is 6.64. The van der Waals surface area contributed by atoms with Crippen molar-refractivity contribution in [1.82, 2.24) is 9.88 Å². The molecule has 1 amide bonds. The highest BCUT2D eigenvalue weighted by Gasteiger charge is 2.51. The lowest BCUT2D eigenvalue weighted by Gasteiger charge is -2.48. The van der Waals surface area contributed by atoms with Crippen LogP contribution in [0.2, 0.25) is 0 Å². The molecule has 2 aromatic rings. The van der Waals surface area contributed by atoms with Crippen LogP contribution in [-0.4, -0.2) is 51.8 Å². The number of carbonyl (C=O) groups excluding carboxylic acids is 2. The maximum absolute atomic E-state index is 14.4. The van der Waals surface area contributed by atoms with Crippen LogP contribution < -0.4 is 4.74 Å². The minimum Gasteiger partial charge on any atom is -0.496 e. The van der Waals surface area contributed by atoms with Gasteiger partial charge in [-0.2, -0.15) is 0 Å². The molecule has 1 unspecified atom stereocenters. The monoisotopic (exact) mass is 570 g/mol. The molecule has 1 aromatic carbocycles. The quantitative estimate of drug-likeness (QED) is 0.408. The summed E-state index contributed by atoms with van der Waals surface area (Å²) in [5.74, 6) is -0.381. The lowest BCUT2D eigenvalue weighted by molar-refractivity contribution is -0.134. The van der Waals surface area contributed by atoms with Crippen LogP contribution in [-0.2, 0) is 14.3 Å². The van der Waals surface area contributed by atoms with Gasteiger partial charge in [0.2, 0.25) is 0 Å². The van der Waals surface area contributed by atoms with E-state index in [0.29, 0.717) is 76.6 Å². The lowest BCUT2D eigenvalue weighted by Crippen LogP contribution is -2.53. The first-order valence-corrected chi connectivity index (χ1v) is 14.2. The Hall–Kier alpha value is -4.20. The first-order chi connectivity index (χ1) is 19.7. The highest BCUT2D eigenvalue weighted by atomic mass is 16.5. The number of methoxy groups -OCH3 is 1. The highest BCUT2D eigenvalue weighted by Crippen LogP contribution is 2.54. The second-order valence-electron chi connectivity index (χ2n) is 12.9. The van der Waals surface area contributed by atoms with Crippen LogP contribution >= 0.6 is 0 Å². The minimum absolute atomic E-state index is 0.0280. The number of pyridine rings is 1. The summed E-state index contributed by atoms with van der Waals surface area (Å²) >= 11 is 0. The van der Waals surface area contributed by atoms with E-state index in [-0.39, 0.29) is 22.8 Å². The number of carbonyl (C=O) groups is 3. The van der Waals surface area contributed by atoms with Crippen LogP contribution in [0.4, 0.5) is 0 Å². The summed E-state index contributed by atoms with van der Waals surface area (Å²) in [6.07, 6.45) is 3.08. The third-order valence-electron chi connectivity index (χ3n) is 8.67. The first-order valence-electron chi connectivity index (χ1n) is 14.2. The number of ketones is 1. The van der Waals surface area contributed by atoms with Gasteiger partial charge in [-0.25, -0.2) is 9.78 Å². The number of ether oxygens (including phenoxy) is 2. The average molecular weight is 571 g/mol. The van der Waals surface area contributed by atoms with Crippen LogP contribution in [0.1, 0.15) is 80.1 Å². The number of aromatic carboxylic acids is 1. The predicted molar refractivity (Wildman–Crippen MR) is 159 cm³/mol. The largest absolute Gasteiger partial charge is 0.496 e. The van der Waals surface area contributed by atoms with Gasteiger partial charge in [0.15, 0.2) is 11.5 Å². The maximum atomic E-state index is 14.4. The number of Topliss-reactive ketones (excluding diaryl/α,β-unsaturated/α-hetero) is 1. The molecule has 8 heteroatoms. The Bertz CT molecular complexity index is 1610. The zero-order valence-electron chi connectivity index (χ0n) is 25.4. The van der Waals surface area contributed by atoms with Gasteiger partial charge in [-0.3, -0.25) is 9.59 Å². The topological polar surface area (TPSA) is 106 Å². The highest BCUT2D eigenvalue weighted by molar-refractivity contribution is 6.06. The van der Waals surface area contributed by atoms with Crippen molar-refractivity contribution in [1.29, 1.82) is 0 Å². The van der Waals surface area contributed by atoms with E-state index < -0.39 is 17.4 Å². The number of carboxylic acids is 1. The van der Waals surface area contributed by atoms with Gasteiger partial charge >= 0.3 is 5.97 Å². The number of hydrogen-bond donors (Lipinski definition) is 1. The lowest BCUT2D eigenvalue weighted by atomic mass is 9.67. The van der Waals surface area contributed by atoms with Crippen LogP contribution in [0.3, 0.4) is 0 Å². The van der Waals surface area contributed by atoms with Crippen molar-refractivity contribution in [2.24, 2.45) is 5.41 Å². The van der Waals surface area contributed by atoms with Crippen LogP contribution in [0.5, 0.6) is 5.75 Å². The molecular formula is C34H38N2O6. The Balaban J connectivity index is 1.81. The number of rotatable bonds is 6. The Morgan fingerprint density at radius 2 is 1.79 bits per heavy atom. The minimum atomic E-state index is -1.11. The van der Waals surface area contributed by atoms with Crippen molar-refractivity contribution in [3.05, 3.63) is 82.0 Å². The van der Waals surface area contributed by atoms with Gasteiger partial charge in [0.05, 0.1) is 24.3 Å². The third-order valence-corrected chi connectivity index (χ3v) is 8.67. The SMILES string of the molecule is C=CCN1C(=O)C2=C(CC1(C)C)OC1=C(C(=O)CC(C)(C)C1)C2c1c(OC)ccc(-c2ccc(C)c(C(=O)O)n2)c1C. The van der Waals surface area contributed by atoms with Crippen molar-refractivity contribution < 1.29 is 29.0 Å². The second kappa shape index (κ2) is 10.3. The van der Waals surface area contributed by atoms with E-state index in [2.05, 4.69) is 11.6 Å². The smallest absolute Gasteiger partial charge is 0.354 e. The molecule has 1 aliphatic carbocycles. The Morgan fingerprint density at radius 3 is 2.43 bits per heavy atom. The van der Waals surface area contributed by atoms with E-state index in [4.69, 9.17) is 9.47 Å². The van der Waals surface area contributed by atoms with E-state index in [1.165, 1.54) is 0 Å². The van der Waals surface area contributed by atoms with Gasteiger partial charge in [-0.1, -0.05) is 26.0 Å². The third kappa shape index (κ3) is 4.72. The Labute approximate surface area is 246 Å². The Kier molecular flexibility index (Phi) is 7.16. The fraction of sp³-hybridized carbons (Fsp3) is 0.412. The Morgan fingerprint density at radius 1 is 1.10 bits per heavy atom. The van der Waals surface area contributed by atoms with Crippen LogP contribution in [0.25, 0.3) is 11.3 Å². The van der Waals surface area contributed by atoms with Crippen molar-refractivity contribution in [2.75, 3.05) is 13.7 Å². The van der Waals surface area contributed by atoms with Crippen molar-refractivity contribution in [3.8, 4) is 17.0 Å². The summed E-state index contributed by atoms with van der Waals surface area (Å²) in [5, 5.41) is 9.72. The van der Waals surface area contributed by atoms with Gasteiger partial charge in [0.25, 0.3) is 5.91 Å². The van der Waals surface area contributed by atoms with E-state index in [9.17, 15) is 19.5 Å². The zero-order chi connectivity index (χ0) is 30.7. The molecule has 42 heavy (non-hydrogen) atoms.